The first kappa shape index (κ1) is 12.0. The van der Waals surface area contributed by atoms with E-state index in [1.165, 1.54) is 11.3 Å². The highest BCUT2D eigenvalue weighted by Crippen LogP contribution is 2.39. The van der Waals surface area contributed by atoms with E-state index in [1.54, 1.807) is 11.3 Å². The largest absolute Gasteiger partial charge is 0.392 e. The molecule has 4 heteroatoms. The van der Waals surface area contributed by atoms with Gasteiger partial charge in [-0.2, -0.15) is 0 Å². The average Bonchev–Trinajstić information content (AvgIpc) is 2.67. The van der Waals surface area contributed by atoms with Crippen LogP contribution in [0.5, 0.6) is 0 Å². The monoisotopic (exact) mass is 240 g/mol. The van der Waals surface area contributed by atoms with Crippen molar-refractivity contribution in [2.75, 3.05) is 6.54 Å². The smallest absolute Gasteiger partial charge is 0.0896 e. The molecule has 1 aliphatic rings. The average molecular weight is 240 g/mol. The molecule has 0 saturated heterocycles. The van der Waals surface area contributed by atoms with E-state index in [4.69, 9.17) is 5.73 Å². The number of nitrogens with two attached hydrogens (primary N) is 1. The van der Waals surface area contributed by atoms with Gasteiger partial charge in [-0.3, -0.25) is 0 Å². The number of aliphatic hydroxyl groups excluding tert-OH is 1. The summed E-state index contributed by atoms with van der Waals surface area (Å²) in [7, 11) is 0. The third kappa shape index (κ3) is 2.29. The molecule has 0 aliphatic heterocycles. The summed E-state index contributed by atoms with van der Waals surface area (Å²) in [4.78, 5) is 5.52. The molecule has 0 aromatic carbocycles. The summed E-state index contributed by atoms with van der Waals surface area (Å²) in [6.45, 7) is 2.59. The summed E-state index contributed by atoms with van der Waals surface area (Å²) in [5.74, 6) is 0. The summed E-state index contributed by atoms with van der Waals surface area (Å²) < 4.78 is 0. The first-order valence-corrected chi connectivity index (χ1v) is 6.77. The Bertz CT molecular complexity index is 353. The van der Waals surface area contributed by atoms with E-state index < -0.39 is 0 Å². The molecule has 3 nitrogen and oxygen atoms in total. The normalized spacial score (nSPS) is 30.6. The van der Waals surface area contributed by atoms with Crippen molar-refractivity contribution in [1.82, 2.24) is 4.98 Å². The second-order valence-electron chi connectivity index (χ2n) is 4.85. The lowest BCUT2D eigenvalue weighted by Crippen LogP contribution is -2.45. The Morgan fingerprint density at radius 2 is 2.44 bits per heavy atom. The van der Waals surface area contributed by atoms with Gasteiger partial charge < -0.3 is 10.8 Å². The fraction of sp³-hybridized carbons (Fsp3) is 0.750. The zero-order valence-electron chi connectivity index (χ0n) is 9.78. The first-order chi connectivity index (χ1) is 7.66. The first-order valence-electron chi connectivity index (χ1n) is 5.96. The molecule has 2 rings (SSSR count). The lowest BCUT2D eigenvalue weighted by Gasteiger charge is -2.40. The molecule has 2 atom stereocenters. The Hall–Kier alpha value is -0.450. The minimum atomic E-state index is -0.242. The van der Waals surface area contributed by atoms with Crippen LogP contribution in [0.25, 0.3) is 0 Å². The number of aryl methyl sites for hydroxylation is 1. The summed E-state index contributed by atoms with van der Waals surface area (Å²) in [5.41, 5.74) is 5.81. The van der Waals surface area contributed by atoms with Gasteiger partial charge in [-0.05, 0) is 26.2 Å². The van der Waals surface area contributed by atoms with Crippen LogP contribution in [0, 0.1) is 12.3 Å². The van der Waals surface area contributed by atoms with Gasteiger partial charge in [0.05, 0.1) is 11.1 Å². The van der Waals surface area contributed by atoms with Gasteiger partial charge in [0.1, 0.15) is 0 Å². The fourth-order valence-electron chi connectivity index (χ4n) is 2.64. The van der Waals surface area contributed by atoms with Gasteiger partial charge in [-0.25, -0.2) is 4.98 Å². The highest BCUT2D eigenvalue weighted by atomic mass is 32.1. The maximum Gasteiger partial charge on any atom is 0.0896 e. The highest BCUT2D eigenvalue weighted by molar-refractivity contribution is 7.11. The number of rotatable bonds is 3. The molecule has 16 heavy (non-hydrogen) atoms. The predicted molar refractivity (Wildman–Crippen MR) is 66.5 cm³/mol. The van der Waals surface area contributed by atoms with Gasteiger partial charge in [-0.1, -0.05) is 12.8 Å². The number of nitrogens with zero attached hydrogens (tertiary/aromatic N) is 1. The summed E-state index contributed by atoms with van der Waals surface area (Å²) in [5, 5.41) is 11.3. The molecule has 0 amide bonds. The Kier molecular flexibility index (Phi) is 3.62. The Balaban J connectivity index is 2.14. The third-order valence-electron chi connectivity index (χ3n) is 3.71. The number of hydrogen-bond acceptors (Lipinski definition) is 4. The standard InChI is InChI=1S/C12H20N2OS/c1-9-14-7-10(16-9)6-12(8-13)5-3-2-4-11(12)15/h7,11,15H,2-6,8,13H2,1H3. The summed E-state index contributed by atoms with van der Waals surface area (Å²) in [6, 6.07) is 0. The molecule has 90 valence electrons. The van der Waals surface area contributed by atoms with E-state index in [1.807, 2.05) is 13.1 Å². The molecule has 1 fully saturated rings. The zero-order valence-corrected chi connectivity index (χ0v) is 10.6. The van der Waals surface area contributed by atoms with Crippen LogP contribution >= 0.6 is 11.3 Å². The van der Waals surface area contributed by atoms with Crippen molar-refractivity contribution in [1.29, 1.82) is 0 Å². The molecule has 3 N–H and O–H groups in total. The SMILES string of the molecule is Cc1ncc(CC2(CN)CCCCC2O)s1. The molecule has 1 aromatic heterocycles. The predicted octanol–water partition coefficient (Wildman–Crippen LogP) is 1.87. The zero-order chi connectivity index (χ0) is 11.6. The van der Waals surface area contributed by atoms with Crippen molar-refractivity contribution in [3.05, 3.63) is 16.1 Å². The van der Waals surface area contributed by atoms with Crippen LogP contribution in [0.3, 0.4) is 0 Å². The van der Waals surface area contributed by atoms with E-state index in [-0.39, 0.29) is 11.5 Å². The molecule has 1 aliphatic carbocycles. The van der Waals surface area contributed by atoms with E-state index in [9.17, 15) is 5.11 Å². The van der Waals surface area contributed by atoms with Gasteiger partial charge >= 0.3 is 0 Å². The number of hydrogen-bond donors (Lipinski definition) is 2. The quantitative estimate of drug-likeness (QED) is 0.848. The minimum absolute atomic E-state index is 0.1000. The second kappa shape index (κ2) is 4.82. The van der Waals surface area contributed by atoms with Crippen LogP contribution in [0.4, 0.5) is 0 Å². The van der Waals surface area contributed by atoms with Crippen LogP contribution < -0.4 is 5.73 Å². The number of aromatic nitrogens is 1. The van der Waals surface area contributed by atoms with Gasteiger partial charge in [-0.15, -0.1) is 11.3 Å². The van der Waals surface area contributed by atoms with Gasteiger partial charge in [0.2, 0.25) is 0 Å². The van der Waals surface area contributed by atoms with Crippen molar-refractivity contribution in [2.24, 2.45) is 11.1 Å². The van der Waals surface area contributed by atoms with Crippen molar-refractivity contribution >= 4 is 11.3 Å². The Morgan fingerprint density at radius 1 is 1.62 bits per heavy atom. The molecule has 0 spiro atoms. The summed E-state index contributed by atoms with van der Waals surface area (Å²) in [6.07, 6.45) is 6.83. The van der Waals surface area contributed by atoms with Crippen LogP contribution in [0.2, 0.25) is 0 Å². The molecule has 1 aromatic rings. The van der Waals surface area contributed by atoms with Crippen molar-refractivity contribution in [2.45, 2.75) is 45.1 Å². The van der Waals surface area contributed by atoms with Crippen LogP contribution in [-0.4, -0.2) is 22.7 Å². The van der Waals surface area contributed by atoms with Crippen LogP contribution in [-0.2, 0) is 6.42 Å². The van der Waals surface area contributed by atoms with Gasteiger partial charge in [0.15, 0.2) is 0 Å². The van der Waals surface area contributed by atoms with E-state index in [0.29, 0.717) is 6.54 Å². The lowest BCUT2D eigenvalue weighted by atomic mass is 9.69. The van der Waals surface area contributed by atoms with E-state index in [2.05, 4.69) is 4.98 Å². The highest BCUT2D eigenvalue weighted by Gasteiger charge is 2.39. The maximum absolute atomic E-state index is 10.2. The topological polar surface area (TPSA) is 59.1 Å². The number of aliphatic hydroxyl groups is 1. The third-order valence-corrected chi connectivity index (χ3v) is 4.62. The van der Waals surface area contributed by atoms with Crippen molar-refractivity contribution < 1.29 is 5.11 Å². The molecule has 2 unspecified atom stereocenters. The van der Waals surface area contributed by atoms with Crippen molar-refractivity contribution in [3.63, 3.8) is 0 Å². The summed E-state index contributed by atoms with van der Waals surface area (Å²) >= 11 is 1.72. The number of thiazole rings is 1. The van der Waals surface area contributed by atoms with Crippen molar-refractivity contribution in [3.8, 4) is 0 Å². The maximum atomic E-state index is 10.2. The van der Waals surface area contributed by atoms with Crippen LogP contribution in [0.15, 0.2) is 6.20 Å². The van der Waals surface area contributed by atoms with Gasteiger partial charge in [0, 0.05) is 23.0 Å². The molecular weight excluding hydrogens is 220 g/mol. The Morgan fingerprint density at radius 3 is 3.00 bits per heavy atom. The molecule has 0 radical (unpaired) electrons. The second-order valence-corrected chi connectivity index (χ2v) is 6.17. The molecule has 1 saturated carbocycles. The van der Waals surface area contributed by atoms with Gasteiger partial charge in [0.25, 0.3) is 0 Å². The lowest BCUT2D eigenvalue weighted by molar-refractivity contribution is -0.00536. The fourth-order valence-corrected chi connectivity index (χ4v) is 3.59. The molecule has 0 bridgehead atoms. The molecular formula is C12H20N2OS. The van der Waals surface area contributed by atoms with E-state index in [0.717, 1.165) is 30.7 Å². The molecule has 1 heterocycles. The minimum Gasteiger partial charge on any atom is -0.392 e. The van der Waals surface area contributed by atoms with Crippen LogP contribution in [0.1, 0.15) is 35.6 Å². The Labute approximate surface area is 101 Å². The van der Waals surface area contributed by atoms with E-state index >= 15 is 0 Å².